The normalized spacial score (nSPS) is 20.4. The van der Waals surface area contributed by atoms with E-state index in [9.17, 15) is 0 Å². The number of hydrogen-bond donors (Lipinski definition) is 1. The van der Waals surface area contributed by atoms with Gasteiger partial charge in [0, 0.05) is 13.1 Å². The molecule has 6 nitrogen and oxygen atoms in total. The fourth-order valence-corrected chi connectivity index (χ4v) is 1.85. The average Bonchev–Trinajstić information content (AvgIpc) is 2.39. The van der Waals surface area contributed by atoms with Crippen LogP contribution in [0.4, 0.5) is 5.82 Å². The molecule has 1 aromatic rings. The Morgan fingerprint density at radius 3 is 3.24 bits per heavy atom. The standard InChI is InChI=1S/C11H18N4O2/c1-2-17-11-7-13-6-10(14-11)15-3-4-16-8-9(15)5-12/h6-7,9H,2-5,8,12H2,1H3. The molecular formula is C11H18N4O2. The van der Waals surface area contributed by atoms with Crippen molar-refractivity contribution in [3.05, 3.63) is 12.4 Å². The predicted octanol–water partition coefficient (Wildman–Crippen LogP) is 0.0392. The summed E-state index contributed by atoms with van der Waals surface area (Å²) in [7, 11) is 0. The first kappa shape index (κ1) is 12.1. The van der Waals surface area contributed by atoms with Crippen molar-refractivity contribution in [1.82, 2.24) is 9.97 Å². The van der Waals surface area contributed by atoms with Crippen LogP contribution < -0.4 is 15.4 Å². The van der Waals surface area contributed by atoms with Gasteiger partial charge in [-0.05, 0) is 6.92 Å². The second kappa shape index (κ2) is 5.79. The lowest BCUT2D eigenvalue weighted by Gasteiger charge is -2.35. The summed E-state index contributed by atoms with van der Waals surface area (Å²) in [6.07, 6.45) is 3.35. The fraction of sp³-hybridized carbons (Fsp3) is 0.636. The predicted molar refractivity (Wildman–Crippen MR) is 64.2 cm³/mol. The van der Waals surface area contributed by atoms with E-state index in [4.69, 9.17) is 15.2 Å². The van der Waals surface area contributed by atoms with Crippen molar-refractivity contribution < 1.29 is 9.47 Å². The summed E-state index contributed by atoms with van der Waals surface area (Å²) in [6, 6.07) is 0.162. The SMILES string of the molecule is CCOc1cncc(N2CCOCC2CN)n1. The summed E-state index contributed by atoms with van der Waals surface area (Å²) in [5.41, 5.74) is 5.73. The van der Waals surface area contributed by atoms with E-state index >= 15 is 0 Å². The number of anilines is 1. The highest BCUT2D eigenvalue weighted by Gasteiger charge is 2.23. The summed E-state index contributed by atoms with van der Waals surface area (Å²) < 4.78 is 10.7. The Morgan fingerprint density at radius 2 is 2.47 bits per heavy atom. The van der Waals surface area contributed by atoms with E-state index < -0.39 is 0 Å². The summed E-state index contributed by atoms with van der Waals surface area (Å²) in [5, 5.41) is 0. The molecule has 0 aliphatic carbocycles. The topological polar surface area (TPSA) is 73.5 Å². The lowest BCUT2D eigenvalue weighted by molar-refractivity contribution is 0.0957. The van der Waals surface area contributed by atoms with Crippen molar-refractivity contribution in [3.63, 3.8) is 0 Å². The molecule has 2 rings (SSSR count). The first-order valence-electron chi connectivity index (χ1n) is 5.84. The van der Waals surface area contributed by atoms with Gasteiger partial charge in [0.05, 0.1) is 38.3 Å². The van der Waals surface area contributed by atoms with Gasteiger partial charge in [0.15, 0.2) is 5.82 Å². The average molecular weight is 238 g/mol. The van der Waals surface area contributed by atoms with Crippen LogP contribution in [0.2, 0.25) is 0 Å². The van der Waals surface area contributed by atoms with Crippen molar-refractivity contribution in [2.24, 2.45) is 5.73 Å². The first-order valence-corrected chi connectivity index (χ1v) is 5.84. The lowest BCUT2D eigenvalue weighted by Crippen LogP contribution is -2.49. The Kier molecular flexibility index (Phi) is 4.11. The highest BCUT2D eigenvalue weighted by molar-refractivity contribution is 5.39. The number of aromatic nitrogens is 2. The van der Waals surface area contributed by atoms with Crippen molar-refractivity contribution in [1.29, 1.82) is 0 Å². The van der Waals surface area contributed by atoms with E-state index in [-0.39, 0.29) is 6.04 Å². The zero-order valence-corrected chi connectivity index (χ0v) is 10.0. The van der Waals surface area contributed by atoms with Crippen molar-refractivity contribution in [3.8, 4) is 5.88 Å². The van der Waals surface area contributed by atoms with Gasteiger partial charge in [0.2, 0.25) is 5.88 Å². The molecule has 2 N–H and O–H groups in total. The third kappa shape index (κ3) is 2.83. The van der Waals surface area contributed by atoms with E-state index in [0.717, 1.165) is 12.4 Å². The van der Waals surface area contributed by atoms with Crippen LogP contribution >= 0.6 is 0 Å². The second-order valence-electron chi connectivity index (χ2n) is 3.81. The van der Waals surface area contributed by atoms with Crippen LogP contribution in [-0.2, 0) is 4.74 Å². The molecule has 6 heteroatoms. The van der Waals surface area contributed by atoms with Gasteiger partial charge in [0.1, 0.15) is 0 Å². The van der Waals surface area contributed by atoms with Gasteiger partial charge in [-0.1, -0.05) is 0 Å². The summed E-state index contributed by atoms with van der Waals surface area (Å²) in [4.78, 5) is 10.7. The zero-order valence-electron chi connectivity index (χ0n) is 10.0. The van der Waals surface area contributed by atoms with Crippen LogP contribution in [0.25, 0.3) is 0 Å². The van der Waals surface area contributed by atoms with Crippen molar-refractivity contribution in [2.45, 2.75) is 13.0 Å². The van der Waals surface area contributed by atoms with Crippen LogP contribution in [0.3, 0.4) is 0 Å². The quantitative estimate of drug-likeness (QED) is 0.798. The maximum Gasteiger partial charge on any atom is 0.234 e. The third-order valence-electron chi connectivity index (χ3n) is 2.69. The smallest absolute Gasteiger partial charge is 0.234 e. The molecule has 1 unspecified atom stereocenters. The van der Waals surface area contributed by atoms with Crippen LogP contribution in [0.5, 0.6) is 5.88 Å². The van der Waals surface area contributed by atoms with E-state index in [1.54, 1.807) is 12.4 Å². The lowest BCUT2D eigenvalue weighted by atomic mass is 10.2. The highest BCUT2D eigenvalue weighted by atomic mass is 16.5. The number of ether oxygens (including phenoxy) is 2. The monoisotopic (exact) mass is 238 g/mol. The molecule has 94 valence electrons. The summed E-state index contributed by atoms with van der Waals surface area (Å²) in [6.45, 7) is 5.16. The number of nitrogens with zero attached hydrogens (tertiary/aromatic N) is 3. The minimum Gasteiger partial charge on any atom is -0.477 e. The van der Waals surface area contributed by atoms with Gasteiger partial charge in [-0.15, -0.1) is 0 Å². The molecule has 1 aliphatic heterocycles. The van der Waals surface area contributed by atoms with E-state index in [1.807, 2.05) is 6.92 Å². The van der Waals surface area contributed by atoms with Crippen LogP contribution in [0, 0.1) is 0 Å². The van der Waals surface area contributed by atoms with Gasteiger partial charge in [0.25, 0.3) is 0 Å². The molecule has 1 aliphatic rings. The largest absolute Gasteiger partial charge is 0.477 e. The van der Waals surface area contributed by atoms with E-state index in [1.165, 1.54) is 0 Å². The molecule has 1 fully saturated rings. The molecule has 0 amide bonds. The molecule has 0 spiro atoms. The Labute approximate surface area is 101 Å². The van der Waals surface area contributed by atoms with Gasteiger partial charge in [-0.25, -0.2) is 0 Å². The van der Waals surface area contributed by atoms with Gasteiger partial charge in [-0.3, -0.25) is 4.98 Å². The van der Waals surface area contributed by atoms with Crippen molar-refractivity contribution >= 4 is 5.82 Å². The number of rotatable bonds is 4. The maximum atomic E-state index is 5.73. The minimum absolute atomic E-state index is 0.162. The molecule has 2 heterocycles. The fourth-order valence-electron chi connectivity index (χ4n) is 1.85. The zero-order chi connectivity index (χ0) is 12.1. The Bertz CT molecular complexity index is 361. The first-order chi connectivity index (χ1) is 8.35. The van der Waals surface area contributed by atoms with Crippen LogP contribution in [-0.4, -0.2) is 48.9 Å². The Hall–Kier alpha value is -1.40. The van der Waals surface area contributed by atoms with Gasteiger partial charge >= 0.3 is 0 Å². The van der Waals surface area contributed by atoms with Crippen molar-refractivity contribution in [2.75, 3.05) is 37.8 Å². The summed E-state index contributed by atoms with van der Waals surface area (Å²) >= 11 is 0. The molecule has 0 bridgehead atoms. The molecule has 1 atom stereocenters. The van der Waals surface area contributed by atoms with Gasteiger partial charge < -0.3 is 20.1 Å². The van der Waals surface area contributed by atoms with Crippen LogP contribution in [0.15, 0.2) is 12.4 Å². The molecule has 17 heavy (non-hydrogen) atoms. The Balaban J connectivity index is 2.16. The molecule has 1 aromatic heterocycles. The maximum absolute atomic E-state index is 5.73. The third-order valence-corrected chi connectivity index (χ3v) is 2.69. The molecule has 1 saturated heterocycles. The van der Waals surface area contributed by atoms with Crippen LogP contribution in [0.1, 0.15) is 6.92 Å². The number of nitrogens with two attached hydrogens (primary N) is 1. The minimum atomic E-state index is 0.162. The second-order valence-corrected chi connectivity index (χ2v) is 3.81. The summed E-state index contributed by atoms with van der Waals surface area (Å²) in [5.74, 6) is 1.35. The Morgan fingerprint density at radius 1 is 1.59 bits per heavy atom. The molecule has 0 aromatic carbocycles. The number of hydrogen-bond acceptors (Lipinski definition) is 6. The highest BCUT2D eigenvalue weighted by Crippen LogP contribution is 2.18. The van der Waals surface area contributed by atoms with E-state index in [2.05, 4.69) is 14.9 Å². The van der Waals surface area contributed by atoms with E-state index in [0.29, 0.717) is 32.2 Å². The molecular weight excluding hydrogens is 220 g/mol. The number of morpholine rings is 1. The molecule has 0 radical (unpaired) electrons. The molecule has 0 saturated carbocycles. The van der Waals surface area contributed by atoms with Gasteiger partial charge in [-0.2, -0.15) is 4.98 Å².